The van der Waals surface area contributed by atoms with Crippen molar-refractivity contribution >= 4 is 23.5 Å². The quantitative estimate of drug-likeness (QED) is 0.721. The van der Waals surface area contributed by atoms with Crippen LogP contribution in [-0.2, 0) is 16.0 Å². The van der Waals surface area contributed by atoms with E-state index in [1.165, 1.54) is 0 Å². The van der Waals surface area contributed by atoms with Gasteiger partial charge in [-0.2, -0.15) is 0 Å². The molecule has 2 N–H and O–H groups in total. The number of fused-ring (bicyclic) bond motifs is 1. The predicted molar refractivity (Wildman–Crippen MR) is 114 cm³/mol. The Morgan fingerprint density at radius 3 is 2.48 bits per heavy atom. The SMILES string of the molecule is Cc1cc(C)c(NC(=O)CN2C(=O)N[C@](C)(Cc3ccc4c(c3)OCO4)C2=O)c(C)c1. The van der Waals surface area contributed by atoms with Gasteiger partial charge in [-0.05, 0) is 56.5 Å². The average molecular weight is 423 g/mol. The second-order valence-corrected chi connectivity index (χ2v) is 8.34. The fraction of sp³-hybridized carbons (Fsp3) is 0.348. The van der Waals surface area contributed by atoms with Crippen molar-refractivity contribution in [2.45, 2.75) is 39.7 Å². The summed E-state index contributed by atoms with van der Waals surface area (Å²) in [6, 6.07) is 8.76. The topological polar surface area (TPSA) is 97.0 Å². The molecule has 1 saturated heterocycles. The lowest BCUT2D eigenvalue weighted by atomic mass is 9.92. The number of hydrogen-bond donors (Lipinski definition) is 2. The van der Waals surface area contributed by atoms with Gasteiger partial charge in [-0.25, -0.2) is 4.79 Å². The van der Waals surface area contributed by atoms with Crippen LogP contribution in [0.15, 0.2) is 30.3 Å². The average Bonchev–Trinajstić information content (AvgIpc) is 3.23. The summed E-state index contributed by atoms with van der Waals surface area (Å²) in [5, 5.41) is 5.57. The van der Waals surface area contributed by atoms with Crippen LogP contribution in [0.1, 0.15) is 29.2 Å². The maximum atomic E-state index is 13.0. The van der Waals surface area contributed by atoms with Crippen molar-refractivity contribution in [3.63, 3.8) is 0 Å². The number of carbonyl (C=O) groups excluding carboxylic acids is 3. The third kappa shape index (κ3) is 3.93. The second-order valence-electron chi connectivity index (χ2n) is 8.34. The van der Waals surface area contributed by atoms with Crippen molar-refractivity contribution in [1.29, 1.82) is 0 Å². The van der Waals surface area contributed by atoms with Gasteiger partial charge < -0.3 is 20.1 Å². The van der Waals surface area contributed by atoms with E-state index in [0.29, 0.717) is 17.2 Å². The zero-order chi connectivity index (χ0) is 22.3. The minimum absolute atomic E-state index is 0.161. The van der Waals surface area contributed by atoms with Crippen molar-refractivity contribution in [3.05, 3.63) is 52.6 Å². The van der Waals surface area contributed by atoms with Crippen LogP contribution >= 0.6 is 0 Å². The highest BCUT2D eigenvalue weighted by atomic mass is 16.7. The van der Waals surface area contributed by atoms with E-state index in [0.717, 1.165) is 27.2 Å². The van der Waals surface area contributed by atoms with Crippen LogP contribution in [0.25, 0.3) is 0 Å². The molecular weight excluding hydrogens is 398 g/mol. The standard InChI is InChI=1S/C23H25N3O5/c1-13-7-14(2)20(15(3)8-13)24-19(27)11-26-21(28)23(4,25-22(26)29)10-16-5-6-17-18(9-16)31-12-30-17/h5-9H,10-12H2,1-4H3,(H,24,27)(H,25,29)/t23-/m1/s1. The van der Waals surface area contributed by atoms with E-state index < -0.39 is 23.4 Å². The van der Waals surface area contributed by atoms with Crippen LogP contribution in [0.2, 0.25) is 0 Å². The first-order chi connectivity index (χ1) is 14.7. The number of ether oxygens (including phenoxy) is 2. The number of nitrogens with one attached hydrogen (secondary N) is 2. The van der Waals surface area contributed by atoms with Crippen LogP contribution < -0.4 is 20.1 Å². The molecule has 8 heteroatoms. The van der Waals surface area contributed by atoms with Gasteiger partial charge in [0.25, 0.3) is 5.91 Å². The summed E-state index contributed by atoms with van der Waals surface area (Å²) in [4.78, 5) is 39.2. The summed E-state index contributed by atoms with van der Waals surface area (Å²) >= 11 is 0. The smallest absolute Gasteiger partial charge is 0.325 e. The Balaban J connectivity index is 1.46. The molecule has 162 valence electrons. The summed E-state index contributed by atoms with van der Waals surface area (Å²) < 4.78 is 10.7. The maximum absolute atomic E-state index is 13.0. The monoisotopic (exact) mass is 423 g/mol. The van der Waals surface area contributed by atoms with Gasteiger partial charge in [0.15, 0.2) is 11.5 Å². The van der Waals surface area contributed by atoms with E-state index in [2.05, 4.69) is 10.6 Å². The molecule has 0 unspecified atom stereocenters. The summed E-state index contributed by atoms with van der Waals surface area (Å²) in [5.74, 6) is 0.391. The molecule has 0 aliphatic carbocycles. The van der Waals surface area contributed by atoms with Crippen LogP contribution in [-0.4, -0.2) is 41.6 Å². The Morgan fingerprint density at radius 1 is 1.10 bits per heavy atom. The molecule has 1 fully saturated rings. The highest BCUT2D eigenvalue weighted by Gasteiger charge is 2.48. The number of urea groups is 1. The molecule has 4 rings (SSSR count). The van der Waals surface area contributed by atoms with Gasteiger partial charge in [-0.15, -0.1) is 0 Å². The molecule has 2 heterocycles. The fourth-order valence-corrected chi connectivity index (χ4v) is 4.17. The third-order valence-corrected chi connectivity index (χ3v) is 5.58. The van der Waals surface area contributed by atoms with Gasteiger partial charge >= 0.3 is 6.03 Å². The first-order valence-corrected chi connectivity index (χ1v) is 10.1. The van der Waals surface area contributed by atoms with E-state index >= 15 is 0 Å². The maximum Gasteiger partial charge on any atom is 0.325 e. The molecular formula is C23H25N3O5. The molecule has 0 saturated carbocycles. The fourth-order valence-electron chi connectivity index (χ4n) is 4.17. The lowest BCUT2D eigenvalue weighted by Gasteiger charge is -2.22. The van der Waals surface area contributed by atoms with Crippen LogP contribution in [0.4, 0.5) is 10.5 Å². The number of benzene rings is 2. The van der Waals surface area contributed by atoms with Gasteiger partial charge in [0.05, 0.1) is 0 Å². The molecule has 2 aliphatic heterocycles. The number of anilines is 1. The van der Waals surface area contributed by atoms with E-state index in [1.807, 2.05) is 39.0 Å². The molecule has 2 aliphatic rings. The molecule has 1 atom stereocenters. The van der Waals surface area contributed by atoms with Gasteiger partial charge in [0, 0.05) is 12.1 Å². The number of hydrogen-bond acceptors (Lipinski definition) is 5. The molecule has 8 nitrogen and oxygen atoms in total. The largest absolute Gasteiger partial charge is 0.454 e. The van der Waals surface area contributed by atoms with Gasteiger partial charge in [0.1, 0.15) is 12.1 Å². The van der Waals surface area contributed by atoms with Gasteiger partial charge in [-0.1, -0.05) is 23.8 Å². The molecule has 0 spiro atoms. The predicted octanol–water partition coefficient (Wildman–Crippen LogP) is 2.83. The minimum Gasteiger partial charge on any atom is -0.454 e. The number of amides is 4. The Morgan fingerprint density at radius 2 is 1.77 bits per heavy atom. The highest BCUT2D eigenvalue weighted by molar-refractivity contribution is 6.10. The van der Waals surface area contributed by atoms with E-state index in [9.17, 15) is 14.4 Å². The first-order valence-electron chi connectivity index (χ1n) is 10.1. The summed E-state index contributed by atoms with van der Waals surface area (Å²) in [5.41, 5.74) is 3.32. The third-order valence-electron chi connectivity index (χ3n) is 5.58. The Labute approximate surface area is 180 Å². The molecule has 4 amide bonds. The number of nitrogens with zero attached hydrogens (tertiary/aromatic N) is 1. The van der Waals surface area contributed by atoms with Crippen molar-refractivity contribution in [2.24, 2.45) is 0 Å². The Kier molecular flexibility index (Phi) is 5.08. The normalized spacial score (nSPS) is 19.5. The Hall–Kier alpha value is -3.55. The van der Waals surface area contributed by atoms with Crippen LogP contribution in [0, 0.1) is 20.8 Å². The lowest BCUT2D eigenvalue weighted by Crippen LogP contribution is -2.46. The minimum atomic E-state index is -1.15. The van der Waals surface area contributed by atoms with Crippen molar-refractivity contribution < 1.29 is 23.9 Å². The van der Waals surface area contributed by atoms with Crippen LogP contribution in [0.3, 0.4) is 0 Å². The van der Waals surface area contributed by atoms with E-state index in [4.69, 9.17) is 9.47 Å². The number of carbonyl (C=O) groups is 3. The van der Waals surface area contributed by atoms with Gasteiger partial charge in [-0.3, -0.25) is 14.5 Å². The van der Waals surface area contributed by atoms with E-state index in [-0.39, 0.29) is 19.8 Å². The summed E-state index contributed by atoms with van der Waals surface area (Å²) in [7, 11) is 0. The molecule has 0 aromatic heterocycles. The van der Waals surface area contributed by atoms with Crippen molar-refractivity contribution in [2.75, 3.05) is 18.7 Å². The first kappa shape index (κ1) is 20.7. The zero-order valence-electron chi connectivity index (χ0n) is 18.0. The van der Waals surface area contributed by atoms with Crippen molar-refractivity contribution in [3.8, 4) is 11.5 Å². The summed E-state index contributed by atoms with van der Waals surface area (Å²) in [6.45, 7) is 7.27. The van der Waals surface area contributed by atoms with E-state index in [1.54, 1.807) is 19.1 Å². The lowest BCUT2D eigenvalue weighted by molar-refractivity contribution is -0.133. The molecule has 0 bridgehead atoms. The molecule has 0 radical (unpaired) electrons. The number of rotatable bonds is 5. The highest BCUT2D eigenvalue weighted by Crippen LogP contribution is 2.34. The molecule has 31 heavy (non-hydrogen) atoms. The zero-order valence-corrected chi connectivity index (χ0v) is 18.0. The molecule has 2 aromatic rings. The number of imide groups is 1. The Bertz CT molecular complexity index is 1070. The second kappa shape index (κ2) is 7.61. The number of aryl methyl sites for hydroxylation is 3. The summed E-state index contributed by atoms with van der Waals surface area (Å²) in [6.07, 6.45) is 0.266. The van der Waals surface area contributed by atoms with Crippen molar-refractivity contribution in [1.82, 2.24) is 10.2 Å². The molecule has 2 aromatic carbocycles. The van der Waals surface area contributed by atoms with Gasteiger partial charge in [0.2, 0.25) is 12.7 Å². The van der Waals surface area contributed by atoms with Crippen LogP contribution in [0.5, 0.6) is 11.5 Å².